The van der Waals surface area contributed by atoms with E-state index in [0.29, 0.717) is 32.6 Å². The molecule has 0 unspecified atom stereocenters. The van der Waals surface area contributed by atoms with Gasteiger partial charge in [0.15, 0.2) is 0 Å². The maximum absolute atomic E-state index is 12.7. The van der Waals surface area contributed by atoms with E-state index in [1.54, 1.807) is 18.0 Å². The fraction of sp³-hybridized carbons (Fsp3) is 0.368. The second kappa shape index (κ2) is 11.5. The molecule has 3 rings (SSSR count). The van der Waals surface area contributed by atoms with Crippen molar-refractivity contribution in [3.05, 3.63) is 54.4 Å². The van der Waals surface area contributed by atoms with Gasteiger partial charge >= 0.3 is 0 Å². The molecule has 1 aliphatic rings. The molecule has 3 N–H and O–H groups in total. The van der Waals surface area contributed by atoms with Gasteiger partial charge in [0.25, 0.3) is 0 Å². The normalized spacial score (nSPS) is 15.1. The lowest BCUT2D eigenvalue weighted by Crippen LogP contribution is -2.46. The number of hydrogen-bond donors (Lipinski definition) is 2. The van der Waals surface area contributed by atoms with E-state index < -0.39 is 5.41 Å². The third kappa shape index (κ3) is 6.36. The van der Waals surface area contributed by atoms with E-state index in [4.69, 9.17) is 10.5 Å². The number of ether oxygens (including phenoxy) is 1. The topological polar surface area (TPSA) is 77.2 Å². The first-order valence-corrected chi connectivity index (χ1v) is 9.41. The molecular weight excluding hydrogens is 405 g/mol. The highest BCUT2D eigenvalue weighted by molar-refractivity contribution is 7.98. The van der Waals surface area contributed by atoms with E-state index in [2.05, 4.69) is 16.4 Å². The summed E-state index contributed by atoms with van der Waals surface area (Å²) in [6.07, 6.45) is 5.00. The molecule has 0 spiro atoms. The lowest BCUT2D eigenvalue weighted by atomic mass is 9.79. The van der Waals surface area contributed by atoms with Crippen molar-refractivity contribution in [1.82, 2.24) is 4.98 Å². The summed E-state index contributed by atoms with van der Waals surface area (Å²) in [5, 5.41) is 3.01. The summed E-state index contributed by atoms with van der Waals surface area (Å²) in [5.74, 6) is 0.865. The van der Waals surface area contributed by atoms with Crippen LogP contribution >= 0.6 is 36.6 Å². The van der Waals surface area contributed by atoms with Crippen LogP contribution in [0.4, 0.5) is 5.69 Å². The summed E-state index contributed by atoms with van der Waals surface area (Å²) in [6.45, 7) is 1.53. The van der Waals surface area contributed by atoms with Crippen LogP contribution in [0.2, 0.25) is 0 Å². The van der Waals surface area contributed by atoms with Gasteiger partial charge in [0.05, 0.1) is 5.41 Å². The second-order valence-corrected chi connectivity index (χ2v) is 7.27. The van der Waals surface area contributed by atoms with Gasteiger partial charge in [-0.1, -0.05) is 6.07 Å². The molecule has 1 aliphatic heterocycles. The minimum Gasteiger partial charge on any atom is -0.381 e. The zero-order valence-corrected chi connectivity index (χ0v) is 17.4. The Hall–Kier alpha value is -1.31. The number of anilines is 1. The molecule has 0 atom stereocenters. The predicted molar refractivity (Wildman–Crippen MR) is 115 cm³/mol. The number of carbonyl (C=O) groups is 1. The van der Waals surface area contributed by atoms with Crippen LogP contribution in [-0.2, 0) is 15.3 Å². The van der Waals surface area contributed by atoms with Crippen LogP contribution in [0.15, 0.2) is 53.7 Å². The van der Waals surface area contributed by atoms with Gasteiger partial charge in [-0.25, -0.2) is 0 Å². The fourth-order valence-corrected chi connectivity index (χ4v) is 3.67. The van der Waals surface area contributed by atoms with Crippen molar-refractivity contribution in [3.8, 4) is 0 Å². The van der Waals surface area contributed by atoms with E-state index in [9.17, 15) is 4.79 Å². The summed E-state index contributed by atoms with van der Waals surface area (Å²) in [7, 11) is 0. The first-order chi connectivity index (χ1) is 12.2. The van der Waals surface area contributed by atoms with Crippen molar-refractivity contribution < 1.29 is 9.53 Å². The molecular formula is C19H25Cl2N3O2S. The number of nitrogens with zero attached hydrogens (tertiary/aromatic N) is 1. The van der Waals surface area contributed by atoms with Gasteiger partial charge < -0.3 is 15.8 Å². The maximum Gasteiger partial charge on any atom is 0.232 e. The Kier molecular flexibility index (Phi) is 10.1. The van der Waals surface area contributed by atoms with Crippen molar-refractivity contribution in [3.63, 3.8) is 0 Å². The van der Waals surface area contributed by atoms with Crippen LogP contribution in [-0.4, -0.2) is 30.6 Å². The van der Waals surface area contributed by atoms with E-state index in [0.717, 1.165) is 16.3 Å². The number of pyridine rings is 1. The summed E-state index contributed by atoms with van der Waals surface area (Å²) >= 11 is 1.74. The van der Waals surface area contributed by atoms with E-state index >= 15 is 0 Å². The molecule has 5 nitrogen and oxygen atoms in total. The van der Waals surface area contributed by atoms with Crippen LogP contribution in [0.5, 0.6) is 0 Å². The molecule has 1 saturated heterocycles. The van der Waals surface area contributed by atoms with E-state index in [1.165, 1.54) is 5.56 Å². The number of thioether (sulfide) groups is 1. The number of halogens is 2. The monoisotopic (exact) mass is 429 g/mol. The molecule has 1 aromatic carbocycles. The molecule has 1 fully saturated rings. The molecule has 0 aliphatic carbocycles. The van der Waals surface area contributed by atoms with Crippen molar-refractivity contribution in [2.24, 2.45) is 11.1 Å². The fourth-order valence-electron chi connectivity index (χ4n) is 2.83. The predicted octanol–water partition coefficient (Wildman–Crippen LogP) is 3.91. The Labute approximate surface area is 176 Å². The number of amides is 1. The number of nitrogens with one attached hydrogen (secondary N) is 1. The lowest BCUT2D eigenvalue weighted by molar-refractivity contribution is -0.130. The first kappa shape index (κ1) is 23.7. The maximum atomic E-state index is 12.7. The highest BCUT2D eigenvalue weighted by Crippen LogP contribution is 2.31. The molecule has 0 saturated carbocycles. The molecule has 0 bridgehead atoms. The molecule has 27 heavy (non-hydrogen) atoms. The number of nitrogens with two attached hydrogens (primary N) is 1. The van der Waals surface area contributed by atoms with Crippen molar-refractivity contribution in [2.75, 3.05) is 25.1 Å². The molecule has 0 radical (unpaired) electrons. The Bertz CT molecular complexity index is 696. The molecule has 1 amide bonds. The number of aromatic nitrogens is 1. The first-order valence-electron chi connectivity index (χ1n) is 8.43. The van der Waals surface area contributed by atoms with Crippen molar-refractivity contribution in [1.29, 1.82) is 0 Å². The SMILES string of the molecule is Cl.Cl.NCC1(C(=O)Nc2ccc(SCc3cccnc3)cc2)CCOCC1. The van der Waals surface area contributed by atoms with Crippen molar-refractivity contribution >= 4 is 48.2 Å². The molecule has 148 valence electrons. The smallest absolute Gasteiger partial charge is 0.232 e. The van der Waals surface area contributed by atoms with Crippen LogP contribution < -0.4 is 11.1 Å². The Morgan fingerprint density at radius 3 is 2.48 bits per heavy atom. The number of rotatable bonds is 6. The summed E-state index contributed by atoms with van der Waals surface area (Å²) in [6, 6.07) is 11.9. The summed E-state index contributed by atoms with van der Waals surface area (Å²) < 4.78 is 5.36. The van der Waals surface area contributed by atoms with Crippen LogP contribution in [0, 0.1) is 5.41 Å². The highest BCUT2D eigenvalue weighted by Gasteiger charge is 2.38. The zero-order chi connectivity index (χ0) is 17.5. The Balaban J connectivity index is 0.00000182. The number of hydrogen-bond acceptors (Lipinski definition) is 5. The highest BCUT2D eigenvalue weighted by atomic mass is 35.5. The molecule has 2 aromatic rings. The van der Waals surface area contributed by atoms with Gasteiger partial charge in [-0.05, 0) is 48.7 Å². The Morgan fingerprint density at radius 1 is 1.19 bits per heavy atom. The average Bonchev–Trinajstić information content (AvgIpc) is 2.68. The standard InChI is InChI=1S/C19H23N3O2S.2ClH/c20-14-19(7-10-24-11-8-19)18(23)22-16-3-5-17(6-4-16)25-13-15-2-1-9-21-12-15;;/h1-6,9,12H,7-8,10-11,13-14,20H2,(H,22,23);2*1H. The van der Waals surface area contributed by atoms with Crippen LogP contribution in [0.25, 0.3) is 0 Å². The van der Waals surface area contributed by atoms with E-state index in [1.807, 2.05) is 36.5 Å². The number of carbonyl (C=O) groups excluding carboxylic acids is 1. The molecule has 2 heterocycles. The van der Waals surface area contributed by atoms with Gasteiger partial charge in [0.1, 0.15) is 0 Å². The summed E-state index contributed by atoms with van der Waals surface area (Å²) in [4.78, 5) is 17.9. The summed E-state index contributed by atoms with van der Waals surface area (Å²) in [5.41, 5.74) is 7.37. The van der Waals surface area contributed by atoms with Crippen LogP contribution in [0.3, 0.4) is 0 Å². The van der Waals surface area contributed by atoms with Gasteiger partial charge in [-0.15, -0.1) is 36.6 Å². The van der Waals surface area contributed by atoms with Crippen molar-refractivity contribution in [2.45, 2.75) is 23.5 Å². The third-order valence-corrected chi connectivity index (χ3v) is 5.65. The van der Waals surface area contributed by atoms with Gasteiger partial charge in [-0.2, -0.15) is 0 Å². The molecule has 8 heteroatoms. The largest absolute Gasteiger partial charge is 0.381 e. The number of benzene rings is 1. The van der Waals surface area contributed by atoms with E-state index in [-0.39, 0.29) is 30.7 Å². The van der Waals surface area contributed by atoms with Gasteiger partial charge in [-0.3, -0.25) is 9.78 Å². The average molecular weight is 430 g/mol. The minimum atomic E-state index is -0.508. The zero-order valence-electron chi connectivity index (χ0n) is 14.9. The second-order valence-electron chi connectivity index (χ2n) is 6.23. The quantitative estimate of drug-likeness (QED) is 0.680. The van der Waals surface area contributed by atoms with Gasteiger partial charge in [0.2, 0.25) is 5.91 Å². The lowest BCUT2D eigenvalue weighted by Gasteiger charge is -2.34. The molecule has 1 aromatic heterocycles. The Morgan fingerprint density at radius 2 is 1.89 bits per heavy atom. The third-order valence-electron chi connectivity index (χ3n) is 4.56. The van der Waals surface area contributed by atoms with Gasteiger partial charge in [0, 0.05) is 48.5 Å². The minimum absolute atomic E-state index is 0. The van der Waals surface area contributed by atoms with Crippen LogP contribution in [0.1, 0.15) is 18.4 Å².